The molecule has 0 aliphatic heterocycles. The van der Waals surface area contributed by atoms with Gasteiger partial charge in [-0.3, -0.25) is 34.2 Å². The Bertz CT molecular complexity index is 1100. The van der Waals surface area contributed by atoms with E-state index in [4.69, 9.17) is 26.8 Å². The van der Waals surface area contributed by atoms with E-state index in [1.165, 1.54) is 23.8 Å². The molecule has 2 aromatic rings. The smallest absolute Gasteiger partial charge is 0.330 e. The van der Waals surface area contributed by atoms with Gasteiger partial charge in [0.2, 0.25) is 0 Å². The quantitative estimate of drug-likeness (QED) is 0.369. The van der Waals surface area contributed by atoms with Crippen molar-refractivity contribution in [3.63, 3.8) is 0 Å². The first-order valence-electron chi connectivity index (χ1n) is 9.69. The van der Waals surface area contributed by atoms with E-state index in [0.717, 1.165) is 17.4 Å². The highest BCUT2D eigenvalue weighted by atomic mass is 35.5. The molecule has 1 amide bonds. The second-order valence-corrected chi connectivity index (χ2v) is 7.10. The number of nitrogens with zero attached hydrogens (tertiary/aromatic N) is 3. The molecule has 2 rings (SSSR count). The number of rotatable bonds is 11. The maximum Gasteiger partial charge on any atom is 0.330 e. The van der Waals surface area contributed by atoms with Crippen molar-refractivity contribution < 1.29 is 19.2 Å². The number of nitro groups is 1. The molecule has 0 bridgehead atoms. The van der Waals surface area contributed by atoms with Gasteiger partial charge in [0.1, 0.15) is 11.6 Å². The van der Waals surface area contributed by atoms with Crippen LogP contribution in [0.2, 0.25) is 5.02 Å². The molecule has 0 unspecified atom stereocenters. The van der Waals surface area contributed by atoms with E-state index >= 15 is 0 Å². The lowest BCUT2D eigenvalue weighted by Crippen LogP contribution is -2.44. The molecule has 0 aliphatic rings. The van der Waals surface area contributed by atoms with Crippen LogP contribution in [0.15, 0.2) is 27.8 Å². The molecule has 13 heteroatoms. The highest BCUT2D eigenvalue weighted by molar-refractivity contribution is 6.32. The number of methoxy groups -OCH3 is 1. The van der Waals surface area contributed by atoms with Crippen molar-refractivity contribution in [3.8, 4) is 5.75 Å². The van der Waals surface area contributed by atoms with Gasteiger partial charge in [0.25, 0.3) is 17.2 Å². The number of amides is 1. The molecule has 0 spiro atoms. The number of benzene rings is 1. The average molecular weight is 470 g/mol. The number of hydrogen-bond donors (Lipinski definition) is 2. The Kier molecular flexibility index (Phi) is 8.79. The number of unbranched alkanes of at least 4 members (excludes halogenated alkanes) is 1. The Labute approximate surface area is 187 Å². The van der Waals surface area contributed by atoms with Gasteiger partial charge in [-0.25, -0.2) is 4.79 Å². The summed E-state index contributed by atoms with van der Waals surface area (Å²) in [6.07, 6.45) is 1.43. The van der Waals surface area contributed by atoms with Gasteiger partial charge in [-0.1, -0.05) is 24.9 Å². The zero-order valence-electron chi connectivity index (χ0n) is 17.6. The molecule has 174 valence electrons. The van der Waals surface area contributed by atoms with Crippen molar-refractivity contribution in [2.75, 3.05) is 37.5 Å². The Morgan fingerprint density at radius 3 is 2.69 bits per heavy atom. The second kappa shape index (κ2) is 11.3. The molecular formula is C19H24ClN5O7. The Morgan fingerprint density at radius 1 is 1.38 bits per heavy atom. The number of carbonyl (C=O) groups excluding carboxylic acids is 1. The van der Waals surface area contributed by atoms with E-state index < -0.39 is 28.7 Å². The van der Waals surface area contributed by atoms with Crippen LogP contribution >= 0.6 is 11.6 Å². The summed E-state index contributed by atoms with van der Waals surface area (Å²) in [7, 11) is 1.42. The number of nitro benzene ring substituents is 1. The third-order valence-corrected chi connectivity index (χ3v) is 4.81. The minimum Gasteiger partial charge on any atom is -0.482 e. The number of nitrogens with two attached hydrogens (primary N) is 1. The van der Waals surface area contributed by atoms with Crippen molar-refractivity contribution in [1.29, 1.82) is 0 Å². The van der Waals surface area contributed by atoms with Crippen LogP contribution in [-0.2, 0) is 16.1 Å². The summed E-state index contributed by atoms with van der Waals surface area (Å²) in [6, 6.07) is 3.54. The van der Waals surface area contributed by atoms with Gasteiger partial charge in [0.05, 0.1) is 16.6 Å². The topological polar surface area (TPSA) is 163 Å². The number of carbonyl (C=O) groups is 1. The Morgan fingerprint density at radius 2 is 2.09 bits per heavy atom. The zero-order valence-corrected chi connectivity index (χ0v) is 18.4. The van der Waals surface area contributed by atoms with Gasteiger partial charge >= 0.3 is 5.69 Å². The minimum absolute atomic E-state index is 0.0358. The Hall–Kier alpha value is -3.38. The van der Waals surface area contributed by atoms with Crippen molar-refractivity contribution in [1.82, 2.24) is 9.55 Å². The first-order valence-corrected chi connectivity index (χ1v) is 10.1. The summed E-state index contributed by atoms with van der Waals surface area (Å²) < 4.78 is 11.6. The van der Waals surface area contributed by atoms with Gasteiger partial charge in [0, 0.05) is 32.3 Å². The number of anilines is 2. The SMILES string of the molecule is CCCCn1c(N)c(N(CCOC)C(=O)COc2ccc([N+](=O)[O-])cc2Cl)c(=O)[nH]c1=O. The third-order valence-electron chi connectivity index (χ3n) is 4.52. The number of non-ortho nitro benzene ring substituents is 1. The molecular weight excluding hydrogens is 446 g/mol. The van der Waals surface area contributed by atoms with Crippen molar-refractivity contribution >= 4 is 34.7 Å². The highest BCUT2D eigenvalue weighted by Crippen LogP contribution is 2.28. The zero-order chi connectivity index (χ0) is 23.8. The van der Waals surface area contributed by atoms with Crippen molar-refractivity contribution in [3.05, 3.63) is 54.2 Å². The van der Waals surface area contributed by atoms with E-state index in [1.807, 2.05) is 6.92 Å². The summed E-state index contributed by atoms with van der Waals surface area (Å²) in [5.74, 6) is -0.758. The molecule has 0 atom stereocenters. The van der Waals surface area contributed by atoms with Crippen molar-refractivity contribution in [2.24, 2.45) is 0 Å². The summed E-state index contributed by atoms with van der Waals surface area (Å²) in [4.78, 5) is 51.1. The van der Waals surface area contributed by atoms with Crippen LogP contribution in [0.1, 0.15) is 19.8 Å². The molecule has 32 heavy (non-hydrogen) atoms. The summed E-state index contributed by atoms with van der Waals surface area (Å²) in [5, 5.41) is 10.8. The maximum absolute atomic E-state index is 12.9. The first kappa shape index (κ1) is 24.9. The van der Waals surface area contributed by atoms with Crippen LogP contribution in [0.5, 0.6) is 5.75 Å². The number of aromatic nitrogens is 2. The lowest BCUT2D eigenvalue weighted by molar-refractivity contribution is -0.384. The molecule has 12 nitrogen and oxygen atoms in total. The van der Waals surface area contributed by atoms with E-state index in [1.54, 1.807) is 0 Å². The molecule has 3 N–H and O–H groups in total. The number of H-pyrrole nitrogens is 1. The van der Waals surface area contributed by atoms with Gasteiger partial charge < -0.3 is 15.2 Å². The number of nitrogens with one attached hydrogen (secondary N) is 1. The van der Waals surface area contributed by atoms with E-state index in [9.17, 15) is 24.5 Å². The normalized spacial score (nSPS) is 10.7. The standard InChI is InChI=1S/C19H24ClN5O7/c1-3-4-7-24-17(21)16(18(27)22-19(24)28)23(8-9-31-2)15(26)11-32-14-6-5-12(25(29)30)10-13(14)20/h5-6,10H,3-4,7-9,11,21H2,1-2H3,(H,22,27,28). The molecule has 0 fully saturated rings. The van der Waals surface area contributed by atoms with Gasteiger partial charge in [-0.05, 0) is 12.5 Å². The van der Waals surface area contributed by atoms with Crippen molar-refractivity contribution in [2.45, 2.75) is 26.3 Å². The fraction of sp³-hybridized carbons (Fsp3) is 0.421. The van der Waals surface area contributed by atoms with Crippen LogP contribution in [0.3, 0.4) is 0 Å². The van der Waals surface area contributed by atoms with Crippen LogP contribution in [0.4, 0.5) is 17.2 Å². The molecule has 1 aromatic heterocycles. The number of nitrogen functional groups attached to an aromatic ring is 1. The molecule has 0 saturated heterocycles. The van der Waals surface area contributed by atoms with Gasteiger partial charge in [0.15, 0.2) is 12.3 Å². The first-order chi connectivity index (χ1) is 15.2. The van der Waals surface area contributed by atoms with E-state index in [2.05, 4.69) is 4.98 Å². The number of hydrogen-bond acceptors (Lipinski definition) is 8. The van der Waals surface area contributed by atoms with Crippen LogP contribution in [0.25, 0.3) is 0 Å². The van der Waals surface area contributed by atoms with Crippen LogP contribution < -0.4 is 26.6 Å². The number of ether oxygens (including phenoxy) is 2. The van der Waals surface area contributed by atoms with Gasteiger partial charge in [-0.2, -0.15) is 0 Å². The Balaban J connectivity index is 2.34. The fourth-order valence-corrected chi connectivity index (χ4v) is 3.09. The monoisotopic (exact) mass is 469 g/mol. The van der Waals surface area contributed by atoms with Crippen LogP contribution in [0, 0.1) is 10.1 Å². The number of aromatic amines is 1. The molecule has 0 saturated carbocycles. The predicted octanol–water partition coefficient (Wildman–Crippen LogP) is 1.54. The molecule has 1 aromatic carbocycles. The minimum atomic E-state index is -0.821. The largest absolute Gasteiger partial charge is 0.482 e. The van der Waals surface area contributed by atoms with E-state index in [0.29, 0.717) is 6.42 Å². The molecule has 1 heterocycles. The summed E-state index contributed by atoms with van der Waals surface area (Å²) >= 11 is 5.99. The molecule has 0 aliphatic carbocycles. The fourth-order valence-electron chi connectivity index (χ4n) is 2.86. The second-order valence-electron chi connectivity index (χ2n) is 6.70. The maximum atomic E-state index is 12.9. The van der Waals surface area contributed by atoms with Crippen LogP contribution in [-0.4, -0.2) is 47.2 Å². The lowest BCUT2D eigenvalue weighted by Gasteiger charge is -2.24. The summed E-state index contributed by atoms with van der Waals surface area (Å²) in [5.41, 5.74) is 4.18. The van der Waals surface area contributed by atoms with E-state index in [-0.39, 0.29) is 47.7 Å². The third kappa shape index (κ3) is 5.86. The van der Waals surface area contributed by atoms with Gasteiger partial charge in [-0.15, -0.1) is 0 Å². The average Bonchev–Trinajstić information content (AvgIpc) is 2.74. The predicted molar refractivity (Wildman–Crippen MR) is 118 cm³/mol. The highest BCUT2D eigenvalue weighted by Gasteiger charge is 2.25. The number of halogens is 1. The lowest BCUT2D eigenvalue weighted by atomic mass is 10.3. The summed E-state index contributed by atoms with van der Waals surface area (Å²) in [6.45, 7) is 1.70. The molecule has 0 radical (unpaired) electrons.